The fourth-order valence-corrected chi connectivity index (χ4v) is 1.38. The number of rotatable bonds is 2. The Labute approximate surface area is 89.3 Å². The lowest BCUT2D eigenvalue weighted by atomic mass is 10.1. The zero-order chi connectivity index (χ0) is 9.97. The number of aromatic nitrogens is 2. The molecule has 4 nitrogen and oxygen atoms in total. The molecule has 0 aliphatic rings. The van der Waals surface area contributed by atoms with Crippen molar-refractivity contribution in [2.24, 2.45) is 0 Å². The highest BCUT2D eigenvalue weighted by molar-refractivity contribution is 9.10. The van der Waals surface area contributed by atoms with E-state index in [2.05, 4.69) is 26.1 Å². The first-order valence-electron chi connectivity index (χ1n) is 4.06. The lowest BCUT2D eigenvalue weighted by Gasteiger charge is -1.97. The van der Waals surface area contributed by atoms with E-state index in [0.717, 1.165) is 11.3 Å². The van der Waals surface area contributed by atoms with Crippen molar-refractivity contribution < 1.29 is 4.42 Å². The number of halogens is 1. The molecule has 0 saturated carbocycles. The zero-order valence-corrected chi connectivity index (χ0v) is 8.86. The third-order valence-corrected chi connectivity index (χ3v) is 2.10. The average molecular weight is 254 g/mol. The van der Waals surface area contributed by atoms with Crippen LogP contribution in [0.2, 0.25) is 0 Å². The Kier molecular flexibility index (Phi) is 2.49. The molecule has 5 heteroatoms. The Morgan fingerprint density at radius 3 is 2.50 bits per heavy atom. The molecule has 72 valence electrons. The van der Waals surface area contributed by atoms with E-state index in [1.165, 1.54) is 0 Å². The minimum atomic E-state index is 0.406. The number of anilines is 1. The van der Waals surface area contributed by atoms with Crippen LogP contribution in [0.4, 0.5) is 5.69 Å². The van der Waals surface area contributed by atoms with Gasteiger partial charge in [-0.25, -0.2) is 0 Å². The van der Waals surface area contributed by atoms with Gasteiger partial charge in [-0.1, -0.05) is 12.1 Å². The maximum Gasteiger partial charge on any atom is 0.284 e. The second-order valence-electron chi connectivity index (χ2n) is 2.87. The molecule has 0 bridgehead atoms. The van der Waals surface area contributed by atoms with Gasteiger partial charge >= 0.3 is 0 Å². The minimum Gasteiger partial charge on any atom is -0.415 e. The van der Waals surface area contributed by atoms with Gasteiger partial charge in [0, 0.05) is 21.6 Å². The summed E-state index contributed by atoms with van der Waals surface area (Å²) in [5.41, 5.74) is 7.41. The van der Waals surface area contributed by atoms with E-state index in [0.29, 0.717) is 17.1 Å². The maximum absolute atomic E-state index is 5.57. The predicted octanol–water partition coefficient (Wildman–Crippen LogP) is 2.01. The quantitative estimate of drug-likeness (QED) is 0.832. The van der Waals surface area contributed by atoms with Crippen molar-refractivity contribution in [2.45, 2.75) is 6.42 Å². The van der Waals surface area contributed by atoms with E-state index in [9.17, 15) is 0 Å². The normalized spacial score (nSPS) is 10.4. The molecule has 0 amide bonds. The first kappa shape index (κ1) is 9.21. The van der Waals surface area contributed by atoms with Gasteiger partial charge in [-0.3, -0.25) is 0 Å². The molecular weight excluding hydrogens is 246 g/mol. The van der Waals surface area contributed by atoms with Crippen molar-refractivity contribution in [3.8, 4) is 0 Å². The number of hydrogen-bond donors (Lipinski definition) is 1. The van der Waals surface area contributed by atoms with Crippen molar-refractivity contribution in [3.05, 3.63) is 40.5 Å². The fourth-order valence-electron chi connectivity index (χ4n) is 1.11. The van der Waals surface area contributed by atoms with Gasteiger partial charge in [-0.15, -0.1) is 10.2 Å². The molecule has 1 aromatic carbocycles. The highest BCUT2D eigenvalue weighted by Crippen LogP contribution is 2.12. The van der Waals surface area contributed by atoms with E-state index in [1.807, 2.05) is 24.3 Å². The van der Waals surface area contributed by atoms with Crippen LogP contribution in [0.5, 0.6) is 0 Å². The van der Waals surface area contributed by atoms with Gasteiger partial charge in [-0.05, 0) is 17.7 Å². The van der Waals surface area contributed by atoms with Gasteiger partial charge in [-0.2, -0.15) is 0 Å². The van der Waals surface area contributed by atoms with Crippen molar-refractivity contribution >= 4 is 21.6 Å². The molecule has 1 aromatic heterocycles. The Morgan fingerprint density at radius 2 is 1.93 bits per heavy atom. The molecule has 0 spiro atoms. The third kappa shape index (κ3) is 2.11. The highest BCUT2D eigenvalue weighted by Gasteiger charge is 2.03. The van der Waals surface area contributed by atoms with Crippen LogP contribution in [0, 0.1) is 0 Å². The SMILES string of the molecule is Nc1ccc(Cc2nnc(Br)o2)cc1. The van der Waals surface area contributed by atoms with E-state index >= 15 is 0 Å². The van der Waals surface area contributed by atoms with Crippen LogP contribution in [0.3, 0.4) is 0 Å². The maximum atomic E-state index is 5.57. The molecule has 0 radical (unpaired) electrons. The highest BCUT2D eigenvalue weighted by atomic mass is 79.9. The third-order valence-electron chi connectivity index (χ3n) is 1.78. The van der Waals surface area contributed by atoms with Crippen LogP contribution in [0.15, 0.2) is 33.5 Å². The Bertz CT molecular complexity index is 424. The molecule has 0 saturated heterocycles. The average Bonchev–Trinajstić information content (AvgIpc) is 2.56. The van der Waals surface area contributed by atoms with E-state index in [1.54, 1.807) is 0 Å². The molecule has 2 N–H and O–H groups in total. The number of nitrogens with two attached hydrogens (primary N) is 1. The monoisotopic (exact) mass is 253 g/mol. The van der Waals surface area contributed by atoms with Crippen molar-refractivity contribution in [2.75, 3.05) is 5.73 Å². The number of nitrogens with zero attached hydrogens (tertiary/aromatic N) is 2. The molecule has 2 aromatic rings. The second-order valence-corrected chi connectivity index (χ2v) is 3.55. The topological polar surface area (TPSA) is 64.9 Å². The molecule has 1 heterocycles. The van der Waals surface area contributed by atoms with Gasteiger partial charge in [0.1, 0.15) is 0 Å². The second kappa shape index (κ2) is 3.79. The summed E-state index contributed by atoms with van der Waals surface area (Å²) in [5.74, 6) is 0.585. The van der Waals surface area contributed by atoms with Crippen molar-refractivity contribution in [3.63, 3.8) is 0 Å². The number of hydrogen-bond acceptors (Lipinski definition) is 4. The van der Waals surface area contributed by atoms with Crippen LogP contribution >= 0.6 is 15.9 Å². The first-order chi connectivity index (χ1) is 6.74. The van der Waals surface area contributed by atoms with Gasteiger partial charge in [0.15, 0.2) is 0 Å². The summed E-state index contributed by atoms with van der Waals surface area (Å²) < 4.78 is 5.18. The van der Waals surface area contributed by atoms with Gasteiger partial charge in [0.25, 0.3) is 4.80 Å². The summed E-state index contributed by atoms with van der Waals surface area (Å²) in [6, 6.07) is 7.57. The zero-order valence-electron chi connectivity index (χ0n) is 7.27. The first-order valence-corrected chi connectivity index (χ1v) is 4.85. The number of benzene rings is 1. The lowest BCUT2D eigenvalue weighted by molar-refractivity contribution is 0.482. The molecule has 0 unspecified atom stereocenters. The van der Waals surface area contributed by atoms with Gasteiger partial charge in [0.05, 0.1) is 6.42 Å². The summed E-state index contributed by atoms with van der Waals surface area (Å²) in [6.45, 7) is 0. The summed E-state index contributed by atoms with van der Waals surface area (Å²) >= 11 is 3.10. The Morgan fingerprint density at radius 1 is 1.21 bits per heavy atom. The van der Waals surface area contributed by atoms with E-state index < -0.39 is 0 Å². The molecule has 0 aliphatic heterocycles. The summed E-state index contributed by atoms with van der Waals surface area (Å²) in [5, 5.41) is 7.54. The van der Waals surface area contributed by atoms with Crippen molar-refractivity contribution in [1.29, 1.82) is 0 Å². The number of nitrogen functional groups attached to an aromatic ring is 1. The fraction of sp³-hybridized carbons (Fsp3) is 0.111. The van der Waals surface area contributed by atoms with Crippen LogP contribution < -0.4 is 5.73 Å². The standard InChI is InChI=1S/C9H8BrN3O/c10-9-13-12-8(14-9)5-6-1-3-7(11)4-2-6/h1-4H,5,11H2. The van der Waals surface area contributed by atoms with Gasteiger partial charge in [0.2, 0.25) is 5.89 Å². The van der Waals surface area contributed by atoms with E-state index in [-0.39, 0.29) is 0 Å². The lowest BCUT2D eigenvalue weighted by Crippen LogP contribution is -1.89. The molecule has 0 aliphatic carbocycles. The van der Waals surface area contributed by atoms with Crippen LogP contribution in [-0.2, 0) is 6.42 Å². The van der Waals surface area contributed by atoms with E-state index in [4.69, 9.17) is 10.2 Å². The largest absolute Gasteiger partial charge is 0.415 e. The van der Waals surface area contributed by atoms with Crippen LogP contribution in [-0.4, -0.2) is 10.2 Å². The molecule has 0 fully saturated rings. The predicted molar refractivity (Wildman–Crippen MR) is 55.7 cm³/mol. The Balaban J connectivity index is 2.15. The summed E-state index contributed by atoms with van der Waals surface area (Å²) in [7, 11) is 0. The summed E-state index contributed by atoms with van der Waals surface area (Å²) in [6.07, 6.45) is 0.624. The molecule has 14 heavy (non-hydrogen) atoms. The van der Waals surface area contributed by atoms with Crippen molar-refractivity contribution in [1.82, 2.24) is 10.2 Å². The Hall–Kier alpha value is -1.36. The van der Waals surface area contributed by atoms with Crippen LogP contribution in [0.25, 0.3) is 0 Å². The summed E-state index contributed by atoms with van der Waals surface area (Å²) in [4.78, 5) is 0.406. The van der Waals surface area contributed by atoms with Gasteiger partial charge < -0.3 is 10.2 Å². The molecule has 2 rings (SSSR count). The minimum absolute atomic E-state index is 0.406. The molecule has 0 atom stereocenters. The van der Waals surface area contributed by atoms with Crippen LogP contribution in [0.1, 0.15) is 11.5 Å². The molecular formula is C9H8BrN3O. The smallest absolute Gasteiger partial charge is 0.284 e.